The first-order valence-corrected chi connectivity index (χ1v) is 7.32. The van der Waals surface area contributed by atoms with Gasteiger partial charge >= 0.3 is 6.03 Å². The molecule has 0 bridgehead atoms. The van der Waals surface area contributed by atoms with Crippen LogP contribution in [0.4, 0.5) is 4.79 Å². The smallest absolute Gasteiger partial charge is 0.318 e. The molecule has 19 heavy (non-hydrogen) atoms. The summed E-state index contributed by atoms with van der Waals surface area (Å²) in [6.07, 6.45) is 0. The van der Waals surface area contributed by atoms with Crippen LogP contribution in [0.1, 0.15) is 24.1 Å². The standard InChI is InChI=1S/C14H20BrN3O/c1-9(6-16)7-18-8-13(17-14(18)19)12-5-11(15)4-3-10(12)2/h3-5,9,13H,6-8,16H2,1-2H3,(H,17,19). The van der Waals surface area contributed by atoms with Gasteiger partial charge in [-0.05, 0) is 42.6 Å². The zero-order valence-corrected chi connectivity index (χ0v) is 12.9. The van der Waals surface area contributed by atoms with Crippen molar-refractivity contribution in [3.8, 4) is 0 Å². The number of aryl methyl sites for hydroxylation is 1. The van der Waals surface area contributed by atoms with Crippen LogP contribution >= 0.6 is 15.9 Å². The number of urea groups is 1. The first-order valence-electron chi connectivity index (χ1n) is 6.52. The molecule has 1 fully saturated rings. The summed E-state index contributed by atoms with van der Waals surface area (Å²) >= 11 is 3.48. The molecule has 0 aliphatic carbocycles. The van der Waals surface area contributed by atoms with Gasteiger partial charge < -0.3 is 16.0 Å². The summed E-state index contributed by atoms with van der Waals surface area (Å²) in [6.45, 7) is 6.15. The number of nitrogens with one attached hydrogen (secondary N) is 1. The molecular formula is C14H20BrN3O. The number of benzene rings is 1. The Hall–Kier alpha value is -1.07. The van der Waals surface area contributed by atoms with Gasteiger partial charge in [0, 0.05) is 17.6 Å². The van der Waals surface area contributed by atoms with E-state index in [1.807, 2.05) is 11.0 Å². The number of hydrogen-bond acceptors (Lipinski definition) is 2. The SMILES string of the molecule is Cc1ccc(Br)cc1C1CN(CC(C)CN)C(=O)N1. The molecule has 1 saturated heterocycles. The third-order valence-corrected chi connectivity index (χ3v) is 4.03. The van der Waals surface area contributed by atoms with Gasteiger partial charge in [-0.15, -0.1) is 0 Å². The van der Waals surface area contributed by atoms with Gasteiger partial charge in [0.15, 0.2) is 0 Å². The number of halogens is 1. The summed E-state index contributed by atoms with van der Waals surface area (Å²) in [5.41, 5.74) is 7.99. The maximum atomic E-state index is 12.0. The van der Waals surface area contributed by atoms with Gasteiger partial charge in [0.2, 0.25) is 0 Å². The number of hydrogen-bond donors (Lipinski definition) is 2. The first kappa shape index (κ1) is 14.3. The van der Waals surface area contributed by atoms with Crippen LogP contribution in [-0.4, -0.2) is 30.6 Å². The topological polar surface area (TPSA) is 58.4 Å². The predicted molar refractivity (Wildman–Crippen MR) is 79.9 cm³/mol. The highest BCUT2D eigenvalue weighted by molar-refractivity contribution is 9.10. The zero-order valence-electron chi connectivity index (χ0n) is 11.3. The van der Waals surface area contributed by atoms with Crippen LogP contribution in [0, 0.1) is 12.8 Å². The Kier molecular flexibility index (Phi) is 4.47. The second-order valence-corrected chi connectivity index (χ2v) is 6.16. The van der Waals surface area contributed by atoms with E-state index in [1.54, 1.807) is 0 Å². The van der Waals surface area contributed by atoms with Crippen molar-refractivity contribution in [2.75, 3.05) is 19.6 Å². The molecule has 0 radical (unpaired) electrons. The van der Waals surface area contributed by atoms with Crippen LogP contribution in [0.5, 0.6) is 0 Å². The lowest BCUT2D eigenvalue weighted by Gasteiger charge is -2.19. The minimum absolute atomic E-state index is 0.00433. The lowest BCUT2D eigenvalue weighted by Crippen LogP contribution is -2.34. The fourth-order valence-corrected chi connectivity index (χ4v) is 2.74. The van der Waals surface area contributed by atoms with Crippen molar-refractivity contribution >= 4 is 22.0 Å². The molecule has 2 atom stereocenters. The molecular weight excluding hydrogens is 306 g/mol. The second-order valence-electron chi connectivity index (χ2n) is 5.25. The highest BCUT2D eigenvalue weighted by Gasteiger charge is 2.31. The Labute approximate surface area is 122 Å². The Morgan fingerprint density at radius 3 is 3.00 bits per heavy atom. The summed E-state index contributed by atoms with van der Waals surface area (Å²) < 4.78 is 1.04. The number of nitrogens with two attached hydrogens (primary N) is 1. The Balaban J connectivity index is 2.12. The van der Waals surface area contributed by atoms with Crippen molar-refractivity contribution in [1.29, 1.82) is 0 Å². The van der Waals surface area contributed by atoms with Gasteiger partial charge in [-0.1, -0.05) is 28.9 Å². The number of carbonyl (C=O) groups is 1. The fraction of sp³-hybridized carbons (Fsp3) is 0.500. The van der Waals surface area contributed by atoms with Gasteiger partial charge in [-0.3, -0.25) is 0 Å². The normalized spacial score (nSPS) is 20.5. The average Bonchev–Trinajstić information content (AvgIpc) is 2.73. The van der Waals surface area contributed by atoms with E-state index in [2.05, 4.69) is 47.2 Å². The van der Waals surface area contributed by atoms with E-state index in [9.17, 15) is 4.79 Å². The molecule has 2 rings (SSSR count). The minimum Gasteiger partial charge on any atom is -0.330 e. The van der Waals surface area contributed by atoms with Gasteiger partial charge in [-0.25, -0.2) is 4.79 Å². The maximum Gasteiger partial charge on any atom is 0.318 e. The predicted octanol–water partition coefficient (Wildman–Crippen LogP) is 2.42. The molecule has 0 spiro atoms. The molecule has 1 aliphatic rings. The first-order chi connectivity index (χ1) is 9.01. The molecule has 5 heteroatoms. The maximum absolute atomic E-state index is 12.0. The molecule has 1 aromatic rings. The summed E-state index contributed by atoms with van der Waals surface area (Å²) in [6, 6.07) is 6.23. The Morgan fingerprint density at radius 2 is 2.32 bits per heavy atom. The van der Waals surface area contributed by atoms with Crippen molar-refractivity contribution in [2.24, 2.45) is 11.7 Å². The molecule has 1 aliphatic heterocycles. The number of rotatable bonds is 4. The summed E-state index contributed by atoms with van der Waals surface area (Å²) in [5, 5.41) is 3.04. The Morgan fingerprint density at radius 1 is 1.58 bits per heavy atom. The minimum atomic E-state index is 0.00433. The molecule has 1 aromatic carbocycles. The number of carbonyl (C=O) groups excluding carboxylic acids is 1. The third kappa shape index (κ3) is 3.28. The summed E-state index contributed by atoms with van der Waals surface area (Å²) in [5.74, 6) is 0.327. The van der Waals surface area contributed by atoms with E-state index in [4.69, 9.17) is 5.73 Å². The van der Waals surface area contributed by atoms with Crippen molar-refractivity contribution in [1.82, 2.24) is 10.2 Å². The molecule has 0 saturated carbocycles. The van der Waals surface area contributed by atoms with Crippen LogP contribution in [0.2, 0.25) is 0 Å². The van der Waals surface area contributed by atoms with Crippen LogP contribution in [0.15, 0.2) is 22.7 Å². The number of nitrogens with zero attached hydrogens (tertiary/aromatic N) is 1. The molecule has 3 N–H and O–H groups in total. The van der Waals surface area contributed by atoms with Gasteiger partial charge in [-0.2, -0.15) is 0 Å². The lowest BCUT2D eigenvalue weighted by atomic mass is 10.0. The molecule has 104 valence electrons. The number of amides is 2. The van der Waals surface area contributed by atoms with Crippen molar-refractivity contribution < 1.29 is 4.79 Å². The largest absolute Gasteiger partial charge is 0.330 e. The van der Waals surface area contributed by atoms with Gasteiger partial charge in [0.05, 0.1) is 6.04 Å². The van der Waals surface area contributed by atoms with E-state index < -0.39 is 0 Å². The van der Waals surface area contributed by atoms with E-state index in [0.717, 1.165) is 4.47 Å². The van der Waals surface area contributed by atoms with E-state index in [-0.39, 0.29) is 12.1 Å². The third-order valence-electron chi connectivity index (χ3n) is 3.54. The molecule has 4 nitrogen and oxygen atoms in total. The van der Waals surface area contributed by atoms with Gasteiger partial charge in [0.25, 0.3) is 0 Å². The highest BCUT2D eigenvalue weighted by atomic mass is 79.9. The molecule has 2 unspecified atom stereocenters. The van der Waals surface area contributed by atoms with Crippen molar-refractivity contribution in [2.45, 2.75) is 19.9 Å². The second kappa shape index (κ2) is 5.92. The molecule has 2 amide bonds. The van der Waals surface area contributed by atoms with Crippen LogP contribution in [0.25, 0.3) is 0 Å². The Bertz CT molecular complexity index is 478. The van der Waals surface area contributed by atoms with Gasteiger partial charge in [0.1, 0.15) is 0 Å². The molecule has 1 heterocycles. The van der Waals surface area contributed by atoms with Crippen LogP contribution < -0.4 is 11.1 Å². The summed E-state index contributed by atoms with van der Waals surface area (Å²) in [7, 11) is 0. The summed E-state index contributed by atoms with van der Waals surface area (Å²) in [4.78, 5) is 13.8. The zero-order chi connectivity index (χ0) is 14.0. The van der Waals surface area contributed by atoms with Crippen LogP contribution in [0.3, 0.4) is 0 Å². The average molecular weight is 326 g/mol. The highest BCUT2D eigenvalue weighted by Crippen LogP contribution is 2.26. The van der Waals surface area contributed by atoms with Crippen molar-refractivity contribution in [3.63, 3.8) is 0 Å². The fourth-order valence-electron chi connectivity index (χ4n) is 2.36. The molecule has 0 aromatic heterocycles. The van der Waals surface area contributed by atoms with E-state index in [0.29, 0.717) is 25.6 Å². The monoisotopic (exact) mass is 325 g/mol. The van der Waals surface area contributed by atoms with Crippen LogP contribution in [-0.2, 0) is 0 Å². The van der Waals surface area contributed by atoms with E-state index >= 15 is 0 Å². The quantitative estimate of drug-likeness (QED) is 0.893. The lowest BCUT2D eigenvalue weighted by molar-refractivity contribution is 0.211. The van der Waals surface area contributed by atoms with Crippen molar-refractivity contribution in [3.05, 3.63) is 33.8 Å². The van der Waals surface area contributed by atoms with E-state index in [1.165, 1.54) is 11.1 Å².